The van der Waals surface area contributed by atoms with Crippen molar-refractivity contribution in [2.45, 2.75) is 13.5 Å². The first-order chi connectivity index (χ1) is 13.5. The van der Waals surface area contributed by atoms with Crippen molar-refractivity contribution in [2.75, 3.05) is 5.32 Å². The Morgan fingerprint density at radius 2 is 1.96 bits per heavy atom. The Hall–Kier alpha value is -3.38. The fourth-order valence-electron chi connectivity index (χ4n) is 2.61. The molecule has 2 N–H and O–H groups in total. The number of benzene rings is 2. The number of thiophene rings is 1. The minimum atomic E-state index is -1.09. The summed E-state index contributed by atoms with van der Waals surface area (Å²) in [5.41, 5.74) is 2.13. The van der Waals surface area contributed by atoms with Crippen molar-refractivity contribution >= 4 is 35.0 Å². The number of anilines is 1. The Labute approximate surface area is 166 Å². The first-order valence-corrected chi connectivity index (χ1v) is 9.48. The molecule has 0 radical (unpaired) electrons. The monoisotopic (exact) mass is 393 g/mol. The minimum absolute atomic E-state index is 0.0485. The number of para-hydroxylation sites is 1. The van der Waals surface area contributed by atoms with Crippen LogP contribution in [-0.2, 0) is 11.4 Å². The lowest BCUT2D eigenvalue weighted by Crippen LogP contribution is -2.11. The smallest absolute Gasteiger partial charge is 0.337 e. The van der Waals surface area contributed by atoms with E-state index in [0.29, 0.717) is 6.61 Å². The largest absolute Gasteiger partial charge is 0.488 e. The molecule has 3 rings (SSSR count). The first-order valence-electron chi connectivity index (χ1n) is 8.60. The molecule has 0 aliphatic heterocycles. The molecule has 0 spiro atoms. The summed E-state index contributed by atoms with van der Waals surface area (Å²) in [5, 5.41) is 13.8. The Bertz CT molecular complexity index is 1010. The van der Waals surface area contributed by atoms with Crippen LogP contribution in [0.5, 0.6) is 5.75 Å². The summed E-state index contributed by atoms with van der Waals surface area (Å²) >= 11 is 1.65. The highest BCUT2D eigenvalue weighted by atomic mass is 32.1. The first kappa shape index (κ1) is 19.4. The molecule has 0 fully saturated rings. The molecule has 2 aromatic carbocycles. The van der Waals surface area contributed by atoms with E-state index in [-0.39, 0.29) is 11.3 Å². The van der Waals surface area contributed by atoms with Crippen LogP contribution in [0.25, 0.3) is 6.08 Å². The zero-order valence-corrected chi connectivity index (χ0v) is 16.0. The third kappa shape index (κ3) is 5.08. The van der Waals surface area contributed by atoms with Gasteiger partial charge in [0.05, 0.1) is 11.3 Å². The highest BCUT2D eigenvalue weighted by Gasteiger charge is 2.10. The lowest BCUT2D eigenvalue weighted by Gasteiger charge is -2.09. The fraction of sp³-hybridized carbons (Fsp3) is 0.0909. The van der Waals surface area contributed by atoms with Gasteiger partial charge >= 0.3 is 5.97 Å². The summed E-state index contributed by atoms with van der Waals surface area (Å²) in [4.78, 5) is 24.5. The highest BCUT2D eigenvalue weighted by Crippen LogP contribution is 2.22. The summed E-state index contributed by atoms with van der Waals surface area (Å²) in [5.74, 6) is -0.691. The number of rotatable bonds is 7. The van der Waals surface area contributed by atoms with E-state index >= 15 is 0 Å². The Kier molecular flexibility index (Phi) is 6.24. The third-order valence-electron chi connectivity index (χ3n) is 3.99. The van der Waals surface area contributed by atoms with E-state index in [1.165, 1.54) is 12.1 Å². The standard InChI is InChI=1S/C22H19NO4S/c1-15-13-16(8-10-20(15)27-14-17-5-4-12-28-17)9-11-21(24)23-19-7-3-2-6-18(19)22(25)26/h2-13H,14H2,1H3,(H,23,24)(H,25,26)/b11-9+. The lowest BCUT2D eigenvalue weighted by atomic mass is 10.1. The second-order valence-electron chi connectivity index (χ2n) is 6.07. The van der Waals surface area contributed by atoms with Gasteiger partial charge in [-0.3, -0.25) is 4.79 Å². The molecule has 1 aromatic heterocycles. The zero-order valence-electron chi connectivity index (χ0n) is 15.2. The zero-order chi connectivity index (χ0) is 19.9. The number of nitrogens with one attached hydrogen (secondary N) is 1. The molecule has 1 amide bonds. The Balaban J connectivity index is 1.63. The molecule has 0 atom stereocenters. The molecule has 0 saturated heterocycles. The molecule has 3 aromatic rings. The van der Waals surface area contributed by atoms with E-state index in [0.717, 1.165) is 21.8 Å². The van der Waals surface area contributed by atoms with Gasteiger partial charge < -0.3 is 15.2 Å². The van der Waals surface area contributed by atoms with E-state index < -0.39 is 11.9 Å². The predicted octanol–water partition coefficient (Wildman–Crippen LogP) is 4.99. The van der Waals surface area contributed by atoms with Crippen molar-refractivity contribution in [3.8, 4) is 5.75 Å². The van der Waals surface area contributed by atoms with Crippen LogP contribution < -0.4 is 10.1 Å². The minimum Gasteiger partial charge on any atom is -0.488 e. The summed E-state index contributed by atoms with van der Waals surface area (Å²) in [6.07, 6.45) is 3.05. The van der Waals surface area contributed by atoms with Crippen LogP contribution >= 0.6 is 11.3 Å². The maximum absolute atomic E-state index is 12.1. The number of carbonyl (C=O) groups excluding carboxylic acids is 1. The van der Waals surface area contributed by atoms with Crippen LogP contribution in [0.1, 0.15) is 26.4 Å². The van der Waals surface area contributed by atoms with Crippen LogP contribution in [-0.4, -0.2) is 17.0 Å². The molecule has 1 heterocycles. The van der Waals surface area contributed by atoms with Gasteiger partial charge in [-0.25, -0.2) is 4.79 Å². The van der Waals surface area contributed by atoms with Crippen LogP contribution in [0.3, 0.4) is 0 Å². The van der Waals surface area contributed by atoms with Crippen LogP contribution in [0, 0.1) is 6.92 Å². The van der Waals surface area contributed by atoms with E-state index in [9.17, 15) is 9.59 Å². The topological polar surface area (TPSA) is 75.6 Å². The second-order valence-corrected chi connectivity index (χ2v) is 7.10. The number of aromatic carboxylic acids is 1. The van der Waals surface area contributed by atoms with Gasteiger partial charge in [-0.1, -0.05) is 24.3 Å². The summed E-state index contributed by atoms with van der Waals surface area (Å²) < 4.78 is 5.83. The molecule has 5 nitrogen and oxygen atoms in total. The fourth-order valence-corrected chi connectivity index (χ4v) is 3.22. The van der Waals surface area contributed by atoms with Crippen molar-refractivity contribution < 1.29 is 19.4 Å². The summed E-state index contributed by atoms with van der Waals surface area (Å²) in [7, 11) is 0. The summed E-state index contributed by atoms with van der Waals surface area (Å²) in [6.45, 7) is 2.48. The average molecular weight is 393 g/mol. The number of carboxylic acid groups (broad SMARTS) is 1. The lowest BCUT2D eigenvalue weighted by molar-refractivity contribution is -0.111. The highest BCUT2D eigenvalue weighted by molar-refractivity contribution is 7.09. The van der Waals surface area contributed by atoms with Crippen LogP contribution in [0.2, 0.25) is 0 Å². The van der Waals surface area contributed by atoms with Gasteiger partial charge in [0.1, 0.15) is 12.4 Å². The molecule has 0 saturated carbocycles. The second kappa shape index (κ2) is 9.01. The van der Waals surface area contributed by atoms with Crippen molar-refractivity contribution in [1.82, 2.24) is 0 Å². The maximum Gasteiger partial charge on any atom is 0.337 e. The normalized spacial score (nSPS) is 10.8. The van der Waals surface area contributed by atoms with Gasteiger partial charge in [-0.2, -0.15) is 0 Å². The van der Waals surface area contributed by atoms with Gasteiger partial charge in [-0.05, 0) is 59.8 Å². The van der Waals surface area contributed by atoms with Crippen LogP contribution in [0.4, 0.5) is 5.69 Å². The van der Waals surface area contributed by atoms with Gasteiger partial charge in [-0.15, -0.1) is 11.3 Å². The molecule has 28 heavy (non-hydrogen) atoms. The summed E-state index contributed by atoms with van der Waals surface area (Å²) in [6, 6.07) is 16.0. The average Bonchev–Trinajstić information content (AvgIpc) is 3.19. The number of ether oxygens (including phenoxy) is 1. The third-order valence-corrected chi connectivity index (χ3v) is 4.84. The van der Waals surface area contributed by atoms with Crippen molar-refractivity contribution in [3.63, 3.8) is 0 Å². The SMILES string of the molecule is Cc1cc(/C=C/C(=O)Nc2ccccc2C(=O)O)ccc1OCc1cccs1. The predicted molar refractivity (Wildman–Crippen MR) is 111 cm³/mol. The molecule has 6 heteroatoms. The van der Waals surface area contributed by atoms with E-state index in [1.54, 1.807) is 35.6 Å². The molecular weight excluding hydrogens is 374 g/mol. The molecule has 0 unspecified atom stereocenters. The number of carboxylic acids is 1. The maximum atomic E-state index is 12.1. The number of carbonyl (C=O) groups is 2. The molecule has 0 aliphatic rings. The molecule has 0 aliphatic carbocycles. The van der Waals surface area contributed by atoms with E-state index in [2.05, 4.69) is 5.32 Å². The van der Waals surface area contributed by atoms with Crippen molar-refractivity contribution in [2.24, 2.45) is 0 Å². The van der Waals surface area contributed by atoms with Gasteiger partial charge in [0, 0.05) is 11.0 Å². The van der Waals surface area contributed by atoms with Gasteiger partial charge in [0.15, 0.2) is 0 Å². The Morgan fingerprint density at radius 3 is 2.68 bits per heavy atom. The van der Waals surface area contributed by atoms with Gasteiger partial charge in [0.25, 0.3) is 0 Å². The number of hydrogen-bond acceptors (Lipinski definition) is 4. The van der Waals surface area contributed by atoms with Crippen molar-refractivity contribution in [1.29, 1.82) is 0 Å². The Morgan fingerprint density at radius 1 is 1.14 bits per heavy atom. The van der Waals surface area contributed by atoms with Crippen LogP contribution in [0.15, 0.2) is 66.1 Å². The molecule has 142 valence electrons. The quantitative estimate of drug-likeness (QED) is 0.555. The number of hydrogen-bond donors (Lipinski definition) is 2. The van der Waals surface area contributed by atoms with Gasteiger partial charge in [0.2, 0.25) is 5.91 Å². The van der Waals surface area contributed by atoms with Crippen molar-refractivity contribution in [3.05, 3.63) is 87.6 Å². The molecular formula is C22H19NO4S. The van der Waals surface area contributed by atoms with E-state index in [4.69, 9.17) is 9.84 Å². The van der Waals surface area contributed by atoms with E-state index in [1.807, 2.05) is 42.6 Å². The molecule has 0 bridgehead atoms. The number of amides is 1. The number of aryl methyl sites for hydroxylation is 1.